The Labute approximate surface area is 196 Å². The van der Waals surface area contributed by atoms with Crippen LogP contribution in [0.25, 0.3) is 17.1 Å². The average molecular weight is 486 g/mol. The van der Waals surface area contributed by atoms with Gasteiger partial charge in [-0.3, -0.25) is 9.56 Å². The van der Waals surface area contributed by atoms with Gasteiger partial charge in [0, 0.05) is 15.6 Å². The van der Waals surface area contributed by atoms with Crippen molar-refractivity contribution < 1.29 is 4.42 Å². The number of halogens is 1. The zero-order valence-electron chi connectivity index (χ0n) is 18.2. The Bertz CT molecular complexity index is 1340. The Kier molecular flexibility index (Phi) is 4.51. The van der Waals surface area contributed by atoms with Crippen molar-refractivity contribution >= 4 is 21.6 Å². The third kappa shape index (κ3) is 3.02. The van der Waals surface area contributed by atoms with Crippen LogP contribution in [0.5, 0.6) is 0 Å². The summed E-state index contributed by atoms with van der Waals surface area (Å²) in [6.07, 6.45) is 6.05. The van der Waals surface area contributed by atoms with Crippen LogP contribution in [0.2, 0.25) is 0 Å². The van der Waals surface area contributed by atoms with E-state index in [2.05, 4.69) is 70.7 Å². The molecule has 4 nitrogen and oxygen atoms in total. The fraction of sp³-hybridized carbons (Fsp3) is 0.259. The molecule has 0 radical (unpaired) electrons. The van der Waals surface area contributed by atoms with E-state index in [1.165, 1.54) is 18.4 Å². The molecule has 4 aromatic rings. The normalized spacial score (nSPS) is 21.8. The molecule has 1 saturated carbocycles. The minimum Gasteiger partial charge on any atom is -0.463 e. The van der Waals surface area contributed by atoms with E-state index < -0.39 is 0 Å². The lowest BCUT2D eigenvalue weighted by atomic mass is 9.60. The maximum Gasteiger partial charge on any atom is 0.154 e. The van der Waals surface area contributed by atoms with Gasteiger partial charge in [-0.1, -0.05) is 54.0 Å². The van der Waals surface area contributed by atoms with Gasteiger partial charge in [-0.25, -0.2) is 4.98 Å². The molecule has 0 bridgehead atoms. The molecule has 0 N–H and O–H groups in total. The largest absolute Gasteiger partial charge is 0.463 e. The third-order valence-corrected chi connectivity index (χ3v) is 7.63. The molecule has 0 amide bonds. The molecule has 160 valence electrons. The molecule has 1 aliphatic heterocycles. The number of aromatic nitrogens is 2. The van der Waals surface area contributed by atoms with Gasteiger partial charge in [-0.2, -0.15) is 0 Å². The highest BCUT2D eigenvalue weighted by Gasteiger charge is 2.39. The number of hydrogen-bond donors (Lipinski definition) is 0. The smallest absolute Gasteiger partial charge is 0.154 e. The molecule has 2 aromatic heterocycles. The Morgan fingerprint density at radius 1 is 1.06 bits per heavy atom. The van der Waals surface area contributed by atoms with Crippen molar-refractivity contribution in [3.63, 3.8) is 0 Å². The lowest BCUT2D eigenvalue weighted by molar-refractivity contribution is 0.178. The second kappa shape index (κ2) is 7.31. The second-order valence-corrected chi connectivity index (χ2v) is 10.2. The predicted octanol–water partition coefficient (Wildman–Crippen LogP) is 6.93. The molecule has 1 fully saturated rings. The van der Waals surface area contributed by atoms with E-state index in [9.17, 15) is 0 Å². The number of imidazole rings is 1. The fourth-order valence-electron chi connectivity index (χ4n) is 5.50. The summed E-state index contributed by atoms with van der Waals surface area (Å²) in [6, 6.07) is 19.1. The lowest BCUT2D eigenvalue weighted by Gasteiger charge is -2.44. The van der Waals surface area contributed by atoms with Gasteiger partial charge in [0.2, 0.25) is 0 Å². The molecule has 2 aromatic carbocycles. The van der Waals surface area contributed by atoms with Crippen molar-refractivity contribution in [2.75, 3.05) is 0 Å². The van der Waals surface area contributed by atoms with E-state index in [-0.39, 0.29) is 5.41 Å². The van der Waals surface area contributed by atoms with Gasteiger partial charge in [0.1, 0.15) is 12.0 Å². The monoisotopic (exact) mass is 485 g/mol. The minimum atomic E-state index is 0.233. The highest BCUT2D eigenvalue weighted by molar-refractivity contribution is 9.10. The Morgan fingerprint density at radius 2 is 1.91 bits per heavy atom. The van der Waals surface area contributed by atoms with Gasteiger partial charge >= 0.3 is 0 Å². The summed E-state index contributed by atoms with van der Waals surface area (Å²) in [4.78, 5) is 9.84. The van der Waals surface area contributed by atoms with E-state index in [1.807, 2.05) is 24.5 Å². The number of aliphatic imine (C=N–C) groups is 1. The zero-order valence-corrected chi connectivity index (χ0v) is 19.8. The first kappa shape index (κ1) is 19.7. The molecule has 2 aliphatic rings. The predicted molar refractivity (Wildman–Crippen MR) is 131 cm³/mol. The molecule has 1 aliphatic carbocycles. The van der Waals surface area contributed by atoms with Crippen molar-refractivity contribution in [2.24, 2.45) is 10.9 Å². The van der Waals surface area contributed by atoms with Crippen molar-refractivity contribution in [1.82, 2.24) is 9.55 Å². The summed E-state index contributed by atoms with van der Waals surface area (Å²) in [5.41, 5.74) is 7.90. The Balaban J connectivity index is 1.57. The molecule has 3 heterocycles. The van der Waals surface area contributed by atoms with Gasteiger partial charge in [-0.05, 0) is 60.1 Å². The molecule has 6 rings (SSSR count). The number of furan rings is 1. The van der Waals surface area contributed by atoms with Crippen LogP contribution in [0.3, 0.4) is 0 Å². The van der Waals surface area contributed by atoms with Gasteiger partial charge in [0.05, 0.1) is 29.9 Å². The van der Waals surface area contributed by atoms with E-state index in [4.69, 9.17) is 14.4 Å². The SMILES string of the molecule is CC1CC(C)(c2ccc3c(c2)C(c2ccccc2Br)=NCc2c(-c4ccco4)ncn2-3)C1. The van der Waals surface area contributed by atoms with Crippen molar-refractivity contribution in [3.8, 4) is 17.1 Å². The van der Waals surface area contributed by atoms with Crippen molar-refractivity contribution in [1.29, 1.82) is 0 Å². The number of rotatable bonds is 3. The summed E-state index contributed by atoms with van der Waals surface area (Å²) in [7, 11) is 0. The summed E-state index contributed by atoms with van der Waals surface area (Å²) >= 11 is 3.76. The van der Waals surface area contributed by atoms with Crippen LogP contribution in [-0.2, 0) is 12.0 Å². The summed E-state index contributed by atoms with van der Waals surface area (Å²) in [5, 5.41) is 0. The Hall–Kier alpha value is -2.92. The molecule has 0 saturated heterocycles. The topological polar surface area (TPSA) is 43.3 Å². The van der Waals surface area contributed by atoms with Gasteiger partial charge in [-0.15, -0.1) is 0 Å². The van der Waals surface area contributed by atoms with E-state index in [1.54, 1.807) is 6.26 Å². The van der Waals surface area contributed by atoms with Crippen LogP contribution >= 0.6 is 15.9 Å². The molecular formula is C27H24BrN3O. The van der Waals surface area contributed by atoms with Crippen LogP contribution in [0.15, 0.2) is 81.1 Å². The van der Waals surface area contributed by atoms with E-state index in [0.29, 0.717) is 6.54 Å². The molecule has 32 heavy (non-hydrogen) atoms. The maximum absolute atomic E-state index is 5.67. The quantitative estimate of drug-likeness (QED) is 0.315. The minimum absolute atomic E-state index is 0.233. The summed E-state index contributed by atoms with van der Waals surface area (Å²) in [6.45, 7) is 5.26. The lowest BCUT2D eigenvalue weighted by Crippen LogP contribution is -2.37. The molecule has 0 unspecified atom stereocenters. The third-order valence-electron chi connectivity index (χ3n) is 6.94. The highest BCUT2D eigenvalue weighted by Crippen LogP contribution is 2.48. The first-order valence-corrected chi connectivity index (χ1v) is 11.9. The van der Waals surface area contributed by atoms with Gasteiger partial charge < -0.3 is 4.42 Å². The maximum atomic E-state index is 5.67. The molecule has 5 heteroatoms. The first-order valence-electron chi connectivity index (χ1n) is 11.1. The molecule has 0 spiro atoms. The number of hydrogen-bond acceptors (Lipinski definition) is 3. The van der Waals surface area contributed by atoms with Gasteiger partial charge in [0.25, 0.3) is 0 Å². The summed E-state index contributed by atoms with van der Waals surface area (Å²) < 4.78 is 8.89. The van der Waals surface area contributed by atoms with Crippen LogP contribution in [0, 0.1) is 5.92 Å². The van der Waals surface area contributed by atoms with Crippen LogP contribution < -0.4 is 0 Å². The summed E-state index contributed by atoms with van der Waals surface area (Å²) in [5.74, 6) is 1.55. The van der Waals surface area contributed by atoms with Gasteiger partial charge in [0.15, 0.2) is 5.76 Å². The van der Waals surface area contributed by atoms with Crippen LogP contribution in [0.1, 0.15) is 49.1 Å². The molecular weight excluding hydrogens is 462 g/mol. The zero-order chi connectivity index (χ0) is 21.9. The van der Waals surface area contributed by atoms with E-state index >= 15 is 0 Å². The highest BCUT2D eigenvalue weighted by atomic mass is 79.9. The molecule has 0 atom stereocenters. The standard InChI is InChI=1S/C27H24BrN3O/c1-17-13-27(2,14-17)18-9-10-22-20(12-18)25(19-6-3-4-7-21(19)28)29-15-23-26(30-16-31(22)23)24-8-5-11-32-24/h3-12,16-17H,13-15H2,1-2H3. The average Bonchev–Trinajstić information content (AvgIpc) is 3.41. The van der Waals surface area contributed by atoms with Crippen LogP contribution in [-0.4, -0.2) is 15.3 Å². The second-order valence-electron chi connectivity index (χ2n) is 9.34. The van der Waals surface area contributed by atoms with Crippen molar-refractivity contribution in [2.45, 2.75) is 38.6 Å². The van der Waals surface area contributed by atoms with E-state index in [0.717, 1.165) is 50.1 Å². The number of benzene rings is 2. The fourth-order valence-corrected chi connectivity index (χ4v) is 5.97. The first-order chi connectivity index (χ1) is 15.5. The number of nitrogens with zero attached hydrogens (tertiary/aromatic N) is 3. The van der Waals surface area contributed by atoms with Crippen LogP contribution in [0.4, 0.5) is 0 Å². The van der Waals surface area contributed by atoms with Crippen molar-refractivity contribution in [3.05, 3.63) is 94.0 Å². The Morgan fingerprint density at radius 3 is 2.66 bits per heavy atom. The number of fused-ring (bicyclic) bond motifs is 3.